The number of furan rings is 1. The van der Waals surface area contributed by atoms with Crippen molar-refractivity contribution < 1.29 is 12.8 Å². The molecule has 8 nitrogen and oxygen atoms in total. The number of hydrogen-bond donors (Lipinski definition) is 2. The van der Waals surface area contributed by atoms with Crippen molar-refractivity contribution in [3.05, 3.63) is 30.3 Å². The maximum absolute atomic E-state index is 12.0. The first-order valence-corrected chi connectivity index (χ1v) is 7.56. The zero-order valence-electron chi connectivity index (χ0n) is 10.9. The number of anilines is 1. The van der Waals surface area contributed by atoms with Crippen LogP contribution < -0.4 is 10.0 Å². The molecule has 0 bridgehead atoms. The van der Waals surface area contributed by atoms with Crippen LogP contribution in [0.25, 0.3) is 0 Å². The Morgan fingerprint density at radius 3 is 2.85 bits per heavy atom. The van der Waals surface area contributed by atoms with Crippen LogP contribution in [0.2, 0.25) is 0 Å². The summed E-state index contributed by atoms with van der Waals surface area (Å²) in [6.07, 6.45) is 3.68. The second-order valence-corrected chi connectivity index (χ2v) is 5.58. The van der Waals surface area contributed by atoms with Gasteiger partial charge in [-0.25, -0.2) is 9.71 Å². The van der Waals surface area contributed by atoms with E-state index in [2.05, 4.69) is 25.2 Å². The lowest BCUT2D eigenvalue weighted by atomic mass is 10.4. The lowest BCUT2D eigenvalue weighted by Gasteiger charge is -2.02. The van der Waals surface area contributed by atoms with Gasteiger partial charge in [0.1, 0.15) is 5.76 Å². The van der Waals surface area contributed by atoms with Crippen LogP contribution in [0.1, 0.15) is 19.1 Å². The summed E-state index contributed by atoms with van der Waals surface area (Å²) in [4.78, 5) is 3.74. The van der Waals surface area contributed by atoms with E-state index in [0.717, 1.165) is 13.0 Å². The van der Waals surface area contributed by atoms with E-state index < -0.39 is 10.0 Å². The van der Waals surface area contributed by atoms with Crippen LogP contribution in [0.3, 0.4) is 0 Å². The maximum atomic E-state index is 12.0. The van der Waals surface area contributed by atoms with Crippen LogP contribution in [-0.4, -0.2) is 30.1 Å². The summed E-state index contributed by atoms with van der Waals surface area (Å²) >= 11 is 0. The van der Waals surface area contributed by atoms with E-state index >= 15 is 0 Å². The third kappa shape index (κ3) is 3.75. The van der Waals surface area contributed by atoms with Crippen LogP contribution in [-0.2, 0) is 16.6 Å². The molecule has 0 atom stereocenters. The smallest absolute Gasteiger partial charge is 0.297 e. The Morgan fingerprint density at radius 2 is 2.15 bits per heavy atom. The highest BCUT2D eigenvalue weighted by Gasteiger charge is 2.20. The van der Waals surface area contributed by atoms with Crippen LogP contribution in [0.5, 0.6) is 0 Å². The van der Waals surface area contributed by atoms with Gasteiger partial charge in [-0.05, 0) is 25.1 Å². The van der Waals surface area contributed by atoms with Gasteiger partial charge in [0, 0.05) is 0 Å². The highest BCUT2D eigenvalue weighted by molar-refractivity contribution is 7.92. The molecule has 0 aliphatic rings. The molecule has 2 aromatic heterocycles. The van der Waals surface area contributed by atoms with Crippen LogP contribution >= 0.6 is 0 Å². The van der Waals surface area contributed by atoms with Crippen molar-refractivity contribution in [1.29, 1.82) is 0 Å². The third-order valence-electron chi connectivity index (χ3n) is 2.34. The van der Waals surface area contributed by atoms with Crippen LogP contribution in [0.4, 0.5) is 5.95 Å². The van der Waals surface area contributed by atoms with Gasteiger partial charge in [0.2, 0.25) is 5.09 Å². The molecule has 0 amide bonds. The summed E-state index contributed by atoms with van der Waals surface area (Å²) in [6.45, 7) is 3.36. The lowest BCUT2D eigenvalue weighted by Crippen LogP contribution is -2.15. The molecule has 2 aromatic rings. The van der Waals surface area contributed by atoms with Gasteiger partial charge >= 0.3 is 0 Å². The second-order valence-electron chi connectivity index (χ2n) is 3.97. The Balaban J connectivity index is 2.06. The third-order valence-corrected chi connectivity index (χ3v) is 3.54. The molecule has 0 saturated heterocycles. The SMILES string of the molecule is CCCNCc1ccc(S(=O)(=O)Nc2nccnn2)o1. The van der Waals surface area contributed by atoms with Crippen molar-refractivity contribution in [3.63, 3.8) is 0 Å². The standard InChI is InChI=1S/C11H15N5O3S/c1-2-5-12-8-9-3-4-10(19-9)20(17,18)16-11-13-6-7-14-15-11/h3-4,6-7,12H,2,5,8H2,1H3,(H,13,15,16). The van der Waals surface area contributed by atoms with Gasteiger partial charge < -0.3 is 9.73 Å². The van der Waals surface area contributed by atoms with Crippen molar-refractivity contribution in [2.75, 3.05) is 11.3 Å². The topological polar surface area (TPSA) is 110 Å². The number of hydrogen-bond acceptors (Lipinski definition) is 7. The minimum absolute atomic E-state index is 0.102. The average molecular weight is 297 g/mol. The molecule has 0 aliphatic heterocycles. The molecule has 0 aliphatic carbocycles. The molecule has 0 fully saturated rings. The largest absolute Gasteiger partial charge is 0.446 e. The molecule has 0 unspecified atom stereocenters. The molecule has 0 spiro atoms. The molecule has 0 saturated carbocycles. The summed E-state index contributed by atoms with van der Waals surface area (Å²) in [7, 11) is -3.83. The number of aromatic nitrogens is 3. The molecular weight excluding hydrogens is 282 g/mol. The summed E-state index contributed by atoms with van der Waals surface area (Å²) in [5.41, 5.74) is 0. The molecule has 0 aromatic carbocycles. The van der Waals surface area contributed by atoms with Gasteiger partial charge in [-0.3, -0.25) is 0 Å². The van der Waals surface area contributed by atoms with E-state index in [4.69, 9.17) is 4.42 Å². The van der Waals surface area contributed by atoms with E-state index in [9.17, 15) is 8.42 Å². The molecular formula is C11H15N5O3S. The molecule has 2 heterocycles. The number of nitrogens with one attached hydrogen (secondary N) is 2. The monoisotopic (exact) mass is 297 g/mol. The first-order chi connectivity index (χ1) is 9.62. The zero-order chi connectivity index (χ0) is 14.4. The molecule has 2 N–H and O–H groups in total. The van der Waals surface area contributed by atoms with Crippen molar-refractivity contribution in [1.82, 2.24) is 20.5 Å². The number of rotatable bonds is 7. The Hall–Kier alpha value is -2.00. The van der Waals surface area contributed by atoms with Gasteiger partial charge in [-0.2, -0.15) is 13.5 Å². The van der Waals surface area contributed by atoms with Gasteiger partial charge in [0.05, 0.1) is 18.9 Å². The molecule has 0 radical (unpaired) electrons. The van der Waals surface area contributed by atoms with E-state index in [1.165, 1.54) is 18.5 Å². The molecule has 108 valence electrons. The van der Waals surface area contributed by atoms with E-state index in [1.807, 2.05) is 6.92 Å². The van der Waals surface area contributed by atoms with Crippen molar-refractivity contribution in [3.8, 4) is 0 Å². The Bertz CT molecular complexity index is 641. The van der Waals surface area contributed by atoms with Crippen LogP contribution in [0, 0.1) is 0 Å². The van der Waals surface area contributed by atoms with Crippen molar-refractivity contribution in [2.24, 2.45) is 0 Å². The number of sulfonamides is 1. The van der Waals surface area contributed by atoms with E-state index in [1.54, 1.807) is 6.07 Å². The first kappa shape index (κ1) is 14.4. The Labute approximate surface area is 116 Å². The molecule has 20 heavy (non-hydrogen) atoms. The number of nitrogens with zero attached hydrogens (tertiary/aromatic N) is 3. The minimum Gasteiger partial charge on any atom is -0.446 e. The van der Waals surface area contributed by atoms with Gasteiger partial charge in [0.15, 0.2) is 0 Å². The summed E-state index contributed by atoms with van der Waals surface area (Å²) in [5, 5.41) is 10.0. The lowest BCUT2D eigenvalue weighted by molar-refractivity contribution is 0.403. The first-order valence-electron chi connectivity index (χ1n) is 6.08. The predicted molar refractivity (Wildman–Crippen MR) is 71.3 cm³/mol. The highest BCUT2D eigenvalue weighted by atomic mass is 32.2. The zero-order valence-corrected chi connectivity index (χ0v) is 11.7. The molecule has 2 rings (SSSR count). The summed E-state index contributed by atoms with van der Waals surface area (Å²) in [5.74, 6) is 0.445. The van der Waals surface area contributed by atoms with Gasteiger partial charge in [-0.1, -0.05) is 6.92 Å². The second kappa shape index (κ2) is 6.44. The van der Waals surface area contributed by atoms with Crippen molar-refractivity contribution >= 4 is 16.0 Å². The molecule has 9 heteroatoms. The Kier molecular flexibility index (Phi) is 4.64. The fraction of sp³-hybridized carbons (Fsp3) is 0.364. The van der Waals surface area contributed by atoms with E-state index in [0.29, 0.717) is 12.3 Å². The average Bonchev–Trinajstić information content (AvgIpc) is 2.89. The normalized spacial score (nSPS) is 11.4. The predicted octanol–water partition coefficient (Wildman–Crippen LogP) is 0.765. The van der Waals surface area contributed by atoms with Crippen molar-refractivity contribution in [2.45, 2.75) is 25.0 Å². The minimum atomic E-state index is -3.83. The van der Waals surface area contributed by atoms with Gasteiger partial charge in [-0.15, -0.1) is 5.10 Å². The maximum Gasteiger partial charge on any atom is 0.297 e. The quantitative estimate of drug-likeness (QED) is 0.726. The van der Waals surface area contributed by atoms with E-state index in [-0.39, 0.29) is 11.0 Å². The fourth-order valence-corrected chi connectivity index (χ4v) is 2.35. The van der Waals surface area contributed by atoms with Crippen LogP contribution in [0.15, 0.2) is 34.0 Å². The van der Waals surface area contributed by atoms with Gasteiger partial charge in [0.25, 0.3) is 16.0 Å². The summed E-state index contributed by atoms with van der Waals surface area (Å²) < 4.78 is 31.5. The highest BCUT2D eigenvalue weighted by Crippen LogP contribution is 2.16. The summed E-state index contributed by atoms with van der Waals surface area (Å²) in [6, 6.07) is 3.00. The Morgan fingerprint density at radius 1 is 1.30 bits per heavy atom. The fourth-order valence-electron chi connectivity index (χ4n) is 1.45.